The van der Waals surface area contributed by atoms with E-state index < -0.39 is 12.0 Å². The van der Waals surface area contributed by atoms with E-state index in [1.165, 1.54) is 0 Å². The summed E-state index contributed by atoms with van der Waals surface area (Å²) in [7, 11) is 1.67. The molecule has 20 heavy (non-hydrogen) atoms. The molecule has 0 spiro atoms. The normalized spacial score (nSPS) is 14.8. The van der Waals surface area contributed by atoms with Crippen LogP contribution in [0.15, 0.2) is 30.3 Å². The fourth-order valence-electron chi connectivity index (χ4n) is 2.37. The Morgan fingerprint density at radius 2 is 1.95 bits per heavy atom. The van der Waals surface area contributed by atoms with Gasteiger partial charge in [-0.05, 0) is 25.6 Å². The Morgan fingerprint density at radius 1 is 1.30 bits per heavy atom. The van der Waals surface area contributed by atoms with Crippen molar-refractivity contribution in [3.8, 4) is 0 Å². The molecular weight excluding hydrogens is 262 g/mol. The molecule has 3 nitrogen and oxygen atoms in total. The largest absolute Gasteiger partial charge is 0.394 e. The van der Waals surface area contributed by atoms with E-state index in [1.807, 2.05) is 37.3 Å². The van der Waals surface area contributed by atoms with Crippen molar-refractivity contribution < 1.29 is 13.9 Å². The van der Waals surface area contributed by atoms with Gasteiger partial charge in [0, 0.05) is 6.54 Å². The molecule has 0 aliphatic rings. The number of nitrogens with zero attached hydrogens (tertiary/aromatic N) is 1. The molecule has 0 fully saturated rings. The van der Waals surface area contributed by atoms with Gasteiger partial charge in [0.15, 0.2) is 0 Å². The Kier molecular flexibility index (Phi) is 7.05. The second-order valence-corrected chi connectivity index (χ2v) is 5.04. The summed E-state index contributed by atoms with van der Waals surface area (Å²) in [5.74, 6) is 0. The Bertz CT molecular complexity index is 375. The van der Waals surface area contributed by atoms with E-state index in [1.54, 1.807) is 11.9 Å². The van der Waals surface area contributed by atoms with E-state index in [9.17, 15) is 13.9 Å². The summed E-state index contributed by atoms with van der Waals surface area (Å²) >= 11 is 0. The van der Waals surface area contributed by atoms with Gasteiger partial charge in [0.05, 0.1) is 18.7 Å². The molecule has 114 valence electrons. The average Bonchev–Trinajstić information content (AvgIpc) is 2.44. The van der Waals surface area contributed by atoms with Crippen molar-refractivity contribution in [3.63, 3.8) is 0 Å². The lowest BCUT2D eigenvalue weighted by atomic mass is 9.87. The van der Waals surface area contributed by atoms with Gasteiger partial charge in [-0.25, -0.2) is 8.78 Å². The van der Waals surface area contributed by atoms with E-state index in [4.69, 9.17) is 0 Å². The lowest BCUT2D eigenvalue weighted by Crippen LogP contribution is -2.47. The molecule has 1 aromatic carbocycles. The minimum Gasteiger partial charge on any atom is -0.394 e. The molecule has 0 amide bonds. The van der Waals surface area contributed by atoms with E-state index in [0.717, 1.165) is 5.56 Å². The molecule has 1 aromatic rings. The number of alkyl halides is 2. The van der Waals surface area contributed by atoms with Gasteiger partial charge in [0.25, 0.3) is 6.43 Å². The number of nitrogens with one attached hydrogen (secondary N) is 1. The number of hydrogen-bond donors (Lipinski definition) is 2. The molecule has 0 heterocycles. The zero-order chi connectivity index (χ0) is 15.0. The molecule has 0 saturated heterocycles. The number of benzene rings is 1. The van der Waals surface area contributed by atoms with Gasteiger partial charge in [0.2, 0.25) is 0 Å². The minimum absolute atomic E-state index is 0.0621. The molecule has 1 rings (SSSR count). The topological polar surface area (TPSA) is 35.5 Å². The van der Waals surface area contributed by atoms with Crippen LogP contribution in [-0.4, -0.2) is 49.7 Å². The maximum Gasteiger partial charge on any atom is 0.251 e. The van der Waals surface area contributed by atoms with Crippen molar-refractivity contribution in [3.05, 3.63) is 35.9 Å². The maximum atomic E-state index is 12.4. The summed E-state index contributed by atoms with van der Waals surface area (Å²) in [6, 6.07) is 9.65. The average molecular weight is 286 g/mol. The van der Waals surface area contributed by atoms with Crippen LogP contribution in [0.25, 0.3) is 0 Å². The SMILES string of the molecule is CCNC(CO)(CCN(C)CC(F)F)c1ccccc1. The third kappa shape index (κ3) is 4.81. The predicted octanol–water partition coefficient (Wildman–Crippen LogP) is 2.07. The molecule has 2 N–H and O–H groups in total. The van der Waals surface area contributed by atoms with Crippen LogP contribution in [0.5, 0.6) is 0 Å². The first-order chi connectivity index (χ1) is 9.54. The molecule has 0 saturated carbocycles. The van der Waals surface area contributed by atoms with Crippen LogP contribution in [0.3, 0.4) is 0 Å². The number of likely N-dealkylation sites (N-methyl/N-ethyl adjacent to an activating group) is 1. The van der Waals surface area contributed by atoms with E-state index >= 15 is 0 Å². The van der Waals surface area contributed by atoms with Gasteiger partial charge in [-0.15, -0.1) is 0 Å². The van der Waals surface area contributed by atoms with Crippen LogP contribution < -0.4 is 5.32 Å². The summed E-state index contributed by atoms with van der Waals surface area (Å²) in [6.07, 6.45) is -1.76. The lowest BCUT2D eigenvalue weighted by Gasteiger charge is -2.35. The van der Waals surface area contributed by atoms with Crippen molar-refractivity contribution in [2.24, 2.45) is 0 Å². The van der Waals surface area contributed by atoms with Gasteiger partial charge in [-0.3, -0.25) is 0 Å². The summed E-state index contributed by atoms with van der Waals surface area (Å²) < 4.78 is 24.7. The summed E-state index contributed by atoms with van der Waals surface area (Å²) in [5, 5.41) is 13.1. The smallest absolute Gasteiger partial charge is 0.251 e. The van der Waals surface area contributed by atoms with Gasteiger partial charge in [-0.2, -0.15) is 0 Å². The molecule has 1 unspecified atom stereocenters. The van der Waals surface area contributed by atoms with Gasteiger partial charge in [0.1, 0.15) is 0 Å². The van der Waals surface area contributed by atoms with Crippen molar-refractivity contribution >= 4 is 0 Å². The highest BCUT2D eigenvalue weighted by Crippen LogP contribution is 2.25. The third-order valence-electron chi connectivity index (χ3n) is 3.48. The summed E-state index contributed by atoms with van der Waals surface area (Å²) in [6.45, 7) is 2.85. The Morgan fingerprint density at radius 3 is 2.45 bits per heavy atom. The van der Waals surface area contributed by atoms with E-state index in [0.29, 0.717) is 19.5 Å². The van der Waals surface area contributed by atoms with Crippen LogP contribution in [-0.2, 0) is 5.54 Å². The van der Waals surface area contributed by atoms with Crippen LogP contribution in [0.4, 0.5) is 8.78 Å². The summed E-state index contributed by atoms with van der Waals surface area (Å²) in [5.41, 5.74) is 0.404. The van der Waals surface area contributed by atoms with Crippen LogP contribution in [0, 0.1) is 0 Å². The Hall–Kier alpha value is -1.04. The van der Waals surface area contributed by atoms with Crippen LogP contribution in [0.2, 0.25) is 0 Å². The second kappa shape index (κ2) is 8.29. The molecule has 1 atom stereocenters. The minimum atomic E-state index is -2.33. The standard InChI is InChI=1S/C15H24F2N2O/c1-3-18-15(12-20,13-7-5-4-6-8-13)9-10-19(2)11-14(16)17/h4-8,14,18,20H,3,9-12H2,1-2H3. The van der Waals surface area contributed by atoms with Crippen molar-refractivity contribution in [1.82, 2.24) is 10.2 Å². The number of rotatable bonds is 9. The maximum absolute atomic E-state index is 12.4. The lowest BCUT2D eigenvalue weighted by molar-refractivity contribution is 0.0867. The van der Waals surface area contributed by atoms with E-state index in [2.05, 4.69) is 5.32 Å². The first kappa shape index (κ1) is 17.0. The van der Waals surface area contributed by atoms with Crippen LogP contribution in [0.1, 0.15) is 18.9 Å². The predicted molar refractivity (Wildman–Crippen MR) is 77.0 cm³/mol. The van der Waals surface area contributed by atoms with Crippen molar-refractivity contribution in [2.75, 3.05) is 33.3 Å². The molecule has 0 aliphatic heterocycles. The first-order valence-electron chi connectivity index (χ1n) is 6.92. The van der Waals surface area contributed by atoms with Gasteiger partial charge in [-0.1, -0.05) is 37.3 Å². The Labute approximate surface area is 119 Å². The zero-order valence-electron chi connectivity index (χ0n) is 12.1. The fraction of sp³-hybridized carbons (Fsp3) is 0.600. The number of hydrogen-bond acceptors (Lipinski definition) is 3. The van der Waals surface area contributed by atoms with Crippen LogP contribution >= 0.6 is 0 Å². The fourth-order valence-corrected chi connectivity index (χ4v) is 2.37. The molecule has 5 heteroatoms. The number of halogens is 2. The third-order valence-corrected chi connectivity index (χ3v) is 3.48. The quantitative estimate of drug-likeness (QED) is 0.729. The Balaban J connectivity index is 2.79. The highest BCUT2D eigenvalue weighted by Gasteiger charge is 2.30. The number of aliphatic hydroxyl groups is 1. The molecule has 0 bridgehead atoms. The molecular formula is C15H24F2N2O. The van der Waals surface area contributed by atoms with Crippen molar-refractivity contribution in [2.45, 2.75) is 25.3 Å². The number of aliphatic hydroxyl groups excluding tert-OH is 1. The zero-order valence-corrected chi connectivity index (χ0v) is 12.1. The molecule has 0 aromatic heterocycles. The highest BCUT2D eigenvalue weighted by molar-refractivity contribution is 5.24. The second-order valence-electron chi connectivity index (χ2n) is 5.04. The molecule has 0 aliphatic carbocycles. The monoisotopic (exact) mass is 286 g/mol. The van der Waals surface area contributed by atoms with E-state index in [-0.39, 0.29) is 13.2 Å². The molecule has 0 radical (unpaired) electrons. The highest BCUT2D eigenvalue weighted by atomic mass is 19.3. The van der Waals surface area contributed by atoms with Gasteiger partial charge < -0.3 is 15.3 Å². The first-order valence-corrected chi connectivity index (χ1v) is 6.92. The summed E-state index contributed by atoms with van der Waals surface area (Å²) in [4.78, 5) is 1.59. The van der Waals surface area contributed by atoms with Crippen molar-refractivity contribution in [1.29, 1.82) is 0 Å². The van der Waals surface area contributed by atoms with Gasteiger partial charge >= 0.3 is 0 Å².